The summed E-state index contributed by atoms with van der Waals surface area (Å²) < 4.78 is 81.9. The van der Waals surface area contributed by atoms with Crippen molar-refractivity contribution in [1.82, 2.24) is 19.6 Å². The largest absolute Gasteiger partial charge is 0.416 e. The van der Waals surface area contributed by atoms with Gasteiger partial charge in [-0.1, -0.05) is 24.3 Å². The molecule has 2 N–H and O–H groups in total. The molecule has 3 amide bonds. The standard InChI is InChI=1S/C36H47F6N5O2/c1-22-8-6-7-9-29(22)31-30-20-46(28-11-13-45(14-12-28)21-34(3,4)32(43)48)19-24(30)10-15-47(31)33(49)44(5)23(2)25-16-26(35(37,38)39)18-27(17-25)36(40,41)42/h6-9,16-18,23-24,28,30-31H,10-15,19-21H2,1-5H3,(H2,43,48)/t23-,24-,30-,31+/m1/s1. The zero-order valence-electron chi connectivity index (χ0n) is 28.7. The van der Waals surface area contributed by atoms with E-state index in [1.165, 1.54) is 18.9 Å². The number of carbonyl (C=O) groups is 2. The number of halogens is 6. The minimum absolute atomic E-state index is 0.0970. The normalized spacial score (nSPS) is 23.7. The first-order valence-corrected chi connectivity index (χ1v) is 16.9. The minimum atomic E-state index is -4.98. The van der Waals surface area contributed by atoms with Crippen LogP contribution in [0.15, 0.2) is 42.5 Å². The van der Waals surface area contributed by atoms with Gasteiger partial charge in [0.2, 0.25) is 5.91 Å². The maximum atomic E-state index is 14.3. The van der Waals surface area contributed by atoms with Crippen LogP contribution in [-0.2, 0) is 17.1 Å². The van der Waals surface area contributed by atoms with Crippen LogP contribution in [0.2, 0.25) is 0 Å². The fourth-order valence-corrected chi connectivity index (χ4v) is 7.99. The summed E-state index contributed by atoms with van der Waals surface area (Å²) in [6.45, 7) is 11.6. The second-order valence-corrected chi connectivity index (χ2v) is 14.8. The number of primary amides is 1. The predicted octanol–water partition coefficient (Wildman–Crippen LogP) is 7.12. The number of urea groups is 1. The zero-order chi connectivity index (χ0) is 36.1. The highest BCUT2D eigenvalue weighted by Crippen LogP contribution is 2.47. The lowest BCUT2D eigenvalue weighted by molar-refractivity contribution is -0.143. The monoisotopic (exact) mass is 695 g/mol. The van der Waals surface area contributed by atoms with Crippen LogP contribution in [0.3, 0.4) is 0 Å². The average molecular weight is 696 g/mol. The lowest BCUT2D eigenvalue weighted by Gasteiger charge is -2.45. The minimum Gasteiger partial charge on any atom is -0.369 e. The Bertz CT molecular complexity index is 1490. The number of alkyl halides is 6. The molecule has 0 radical (unpaired) electrons. The Labute approximate surface area is 284 Å². The number of likely N-dealkylation sites (tertiary alicyclic amines) is 3. The van der Waals surface area contributed by atoms with Crippen molar-refractivity contribution in [3.05, 3.63) is 70.3 Å². The molecule has 7 nitrogen and oxygen atoms in total. The number of nitrogens with zero attached hydrogens (tertiary/aromatic N) is 4. The van der Waals surface area contributed by atoms with Crippen LogP contribution in [0.5, 0.6) is 0 Å². The second-order valence-electron chi connectivity index (χ2n) is 14.8. The van der Waals surface area contributed by atoms with E-state index in [1.807, 2.05) is 45.0 Å². The molecular formula is C36H47F6N5O2. The molecule has 0 bridgehead atoms. The first-order valence-electron chi connectivity index (χ1n) is 16.9. The van der Waals surface area contributed by atoms with Gasteiger partial charge < -0.3 is 20.4 Å². The summed E-state index contributed by atoms with van der Waals surface area (Å²) in [5.74, 6) is 0.0984. The molecule has 2 aromatic rings. The van der Waals surface area contributed by atoms with Crippen LogP contribution in [0.25, 0.3) is 0 Å². The van der Waals surface area contributed by atoms with Crippen LogP contribution < -0.4 is 5.73 Å². The van der Waals surface area contributed by atoms with Gasteiger partial charge in [-0.05, 0) is 101 Å². The highest BCUT2D eigenvalue weighted by Gasteiger charge is 2.48. The zero-order valence-corrected chi connectivity index (χ0v) is 28.7. The van der Waals surface area contributed by atoms with Crippen molar-refractivity contribution in [3.63, 3.8) is 0 Å². The number of piperidine rings is 2. The SMILES string of the molecule is Cc1ccccc1[C@H]1[C@@H]2CN(C3CCN(CC(C)(C)C(N)=O)CC3)C[C@H]2CCN1C(=O)N(C)[C@H](C)c1cc(C(F)(F)F)cc(C(F)(F)F)c1. The number of benzene rings is 2. The molecule has 0 saturated carbocycles. The molecular weight excluding hydrogens is 648 g/mol. The molecule has 3 heterocycles. The van der Waals surface area contributed by atoms with Gasteiger partial charge in [0.25, 0.3) is 0 Å². The predicted molar refractivity (Wildman–Crippen MR) is 174 cm³/mol. The topological polar surface area (TPSA) is 73.1 Å². The molecule has 49 heavy (non-hydrogen) atoms. The van der Waals surface area contributed by atoms with Crippen LogP contribution in [0, 0.1) is 24.2 Å². The fraction of sp³-hybridized carbons (Fsp3) is 0.611. The van der Waals surface area contributed by atoms with E-state index in [0.717, 1.165) is 56.6 Å². The summed E-state index contributed by atoms with van der Waals surface area (Å²) >= 11 is 0. The van der Waals surface area contributed by atoms with E-state index >= 15 is 0 Å². The van der Waals surface area contributed by atoms with E-state index < -0.39 is 41.0 Å². The van der Waals surface area contributed by atoms with Gasteiger partial charge in [-0.3, -0.25) is 9.69 Å². The molecule has 0 aromatic heterocycles. The number of amides is 3. The van der Waals surface area contributed by atoms with Crippen molar-refractivity contribution >= 4 is 11.9 Å². The first kappa shape index (κ1) is 36.9. The molecule has 0 unspecified atom stereocenters. The maximum Gasteiger partial charge on any atom is 0.416 e. The lowest BCUT2D eigenvalue weighted by Crippen LogP contribution is -2.51. The quantitative estimate of drug-likeness (QED) is 0.314. The molecule has 2 aromatic carbocycles. The number of aryl methyl sites for hydroxylation is 1. The van der Waals surface area contributed by atoms with Gasteiger partial charge in [-0.15, -0.1) is 0 Å². The van der Waals surface area contributed by atoms with Gasteiger partial charge >= 0.3 is 18.4 Å². The van der Waals surface area contributed by atoms with E-state index in [0.29, 0.717) is 37.2 Å². The van der Waals surface area contributed by atoms with Gasteiger partial charge in [0.05, 0.1) is 28.6 Å². The summed E-state index contributed by atoms with van der Waals surface area (Å²) in [6, 6.07) is 7.91. The maximum absolute atomic E-state index is 14.3. The summed E-state index contributed by atoms with van der Waals surface area (Å²) in [5, 5.41) is 0. The molecule has 4 atom stereocenters. The highest BCUT2D eigenvalue weighted by molar-refractivity contribution is 5.80. The third-order valence-electron chi connectivity index (χ3n) is 11.1. The molecule has 3 saturated heterocycles. The fourth-order valence-electron chi connectivity index (χ4n) is 7.99. The summed E-state index contributed by atoms with van der Waals surface area (Å²) in [5.41, 5.74) is 3.95. The van der Waals surface area contributed by atoms with Crippen LogP contribution in [-0.4, -0.2) is 83.9 Å². The van der Waals surface area contributed by atoms with Crippen LogP contribution in [0.1, 0.15) is 79.9 Å². The summed E-state index contributed by atoms with van der Waals surface area (Å²) in [7, 11) is 1.44. The van der Waals surface area contributed by atoms with Crippen molar-refractivity contribution in [2.75, 3.05) is 46.3 Å². The van der Waals surface area contributed by atoms with Crippen molar-refractivity contribution in [2.45, 2.75) is 77.4 Å². The number of nitrogens with two attached hydrogens (primary N) is 1. The molecule has 0 spiro atoms. The average Bonchev–Trinajstić information content (AvgIpc) is 3.47. The number of carbonyl (C=O) groups excluding carboxylic acids is 2. The van der Waals surface area contributed by atoms with Gasteiger partial charge in [0, 0.05) is 45.2 Å². The van der Waals surface area contributed by atoms with Crippen LogP contribution in [0.4, 0.5) is 31.1 Å². The van der Waals surface area contributed by atoms with Crippen LogP contribution >= 0.6 is 0 Å². The van der Waals surface area contributed by atoms with Gasteiger partial charge in [0.15, 0.2) is 0 Å². The van der Waals surface area contributed by atoms with Crippen molar-refractivity contribution in [2.24, 2.45) is 23.0 Å². The van der Waals surface area contributed by atoms with Crippen molar-refractivity contribution in [3.8, 4) is 0 Å². The van der Waals surface area contributed by atoms with Gasteiger partial charge in [0.1, 0.15) is 0 Å². The molecule has 0 aliphatic carbocycles. The Balaban J connectivity index is 1.37. The third kappa shape index (κ3) is 7.87. The van der Waals surface area contributed by atoms with E-state index in [9.17, 15) is 35.9 Å². The van der Waals surface area contributed by atoms with E-state index in [-0.39, 0.29) is 29.5 Å². The van der Waals surface area contributed by atoms with E-state index in [2.05, 4.69) is 9.80 Å². The number of hydrogen-bond donors (Lipinski definition) is 1. The Morgan fingerprint density at radius 2 is 1.51 bits per heavy atom. The van der Waals surface area contributed by atoms with E-state index in [1.54, 1.807) is 4.90 Å². The first-order chi connectivity index (χ1) is 22.8. The second kappa shape index (κ2) is 13.8. The molecule has 3 fully saturated rings. The Hall–Kier alpha value is -3.32. The molecule has 3 aliphatic heterocycles. The Morgan fingerprint density at radius 1 is 0.918 bits per heavy atom. The summed E-state index contributed by atoms with van der Waals surface area (Å²) in [6.07, 6.45) is -7.33. The molecule has 13 heteroatoms. The summed E-state index contributed by atoms with van der Waals surface area (Å²) in [4.78, 5) is 34.0. The number of fused-ring (bicyclic) bond motifs is 1. The van der Waals surface area contributed by atoms with Crippen molar-refractivity contribution < 1.29 is 35.9 Å². The molecule has 3 aliphatic rings. The Kier molecular flexibility index (Phi) is 10.4. The number of hydrogen-bond acceptors (Lipinski definition) is 4. The number of rotatable bonds is 7. The lowest BCUT2D eigenvalue weighted by atomic mass is 9.78. The van der Waals surface area contributed by atoms with Gasteiger partial charge in [-0.2, -0.15) is 26.3 Å². The highest BCUT2D eigenvalue weighted by atomic mass is 19.4. The smallest absolute Gasteiger partial charge is 0.369 e. The molecule has 270 valence electrons. The van der Waals surface area contributed by atoms with Gasteiger partial charge in [-0.25, -0.2) is 4.79 Å². The molecule has 5 rings (SSSR count). The van der Waals surface area contributed by atoms with E-state index in [4.69, 9.17) is 5.73 Å². The third-order valence-corrected chi connectivity index (χ3v) is 11.1. The Morgan fingerprint density at radius 3 is 2.06 bits per heavy atom. The van der Waals surface area contributed by atoms with Crippen molar-refractivity contribution in [1.29, 1.82) is 0 Å².